The third kappa shape index (κ3) is 4.71. The summed E-state index contributed by atoms with van der Waals surface area (Å²) in [6.45, 7) is 9.17. The first kappa shape index (κ1) is 15.2. The van der Waals surface area contributed by atoms with Crippen LogP contribution in [0, 0.1) is 5.41 Å². The molecular formula is C15H30N2O2. The van der Waals surface area contributed by atoms with E-state index in [-0.39, 0.29) is 11.5 Å². The van der Waals surface area contributed by atoms with Gasteiger partial charge in [0.25, 0.3) is 0 Å². The number of nitrogens with one attached hydrogen (secondary N) is 1. The molecule has 0 bridgehead atoms. The van der Waals surface area contributed by atoms with Crippen LogP contribution < -0.4 is 5.32 Å². The van der Waals surface area contributed by atoms with Crippen LogP contribution in [-0.2, 0) is 4.74 Å². The van der Waals surface area contributed by atoms with Gasteiger partial charge < -0.3 is 20.1 Å². The van der Waals surface area contributed by atoms with Gasteiger partial charge in [-0.05, 0) is 45.2 Å². The van der Waals surface area contributed by atoms with Crippen molar-refractivity contribution in [2.45, 2.75) is 45.1 Å². The first-order chi connectivity index (χ1) is 9.24. The molecule has 0 amide bonds. The standard InChI is InChI=1S/C15H30N2O2/c1-2-7-16-11-15(6-4-9-19-13-15)12-17-8-3-5-14(18)10-17/h14,16,18H,2-13H2,1H3. The summed E-state index contributed by atoms with van der Waals surface area (Å²) in [6.07, 6.45) is 5.56. The van der Waals surface area contributed by atoms with E-state index in [0.717, 1.165) is 58.8 Å². The number of hydrogen-bond donors (Lipinski definition) is 2. The Bertz CT molecular complexity index is 255. The van der Waals surface area contributed by atoms with Gasteiger partial charge in [-0.1, -0.05) is 6.92 Å². The highest BCUT2D eigenvalue weighted by atomic mass is 16.5. The number of hydrogen-bond acceptors (Lipinski definition) is 4. The van der Waals surface area contributed by atoms with Gasteiger partial charge in [0, 0.05) is 31.7 Å². The van der Waals surface area contributed by atoms with Crippen molar-refractivity contribution in [3.05, 3.63) is 0 Å². The van der Waals surface area contributed by atoms with Gasteiger partial charge in [0.15, 0.2) is 0 Å². The average molecular weight is 270 g/mol. The van der Waals surface area contributed by atoms with E-state index in [1.54, 1.807) is 0 Å². The molecule has 2 fully saturated rings. The molecule has 0 spiro atoms. The molecule has 4 nitrogen and oxygen atoms in total. The normalized spacial score (nSPS) is 33.5. The molecule has 2 aliphatic rings. The van der Waals surface area contributed by atoms with Crippen molar-refractivity contribution < 1.29 is 9.84 Å². The Morgan fingerprint density at radius 2 is 2.32 bits per heavy atom. The molecule has 0 aromatic rings. The number of β-amino-alcohol motifs (C(OH)–C–C–N with tert-alkyl or cyclic N) is 1. The molecule has 0 aromatic carbocycles. The molecule has 4 heteroatoms. The summed E-state index contributed by atoms with van der Waals surface area (Å²) in [5.41, 5.74) is 0.254. The van der Waals surface area contributed by atoms with E-state index in [1.807, 2.05) is 0 Å². The van der Waals surface area contributed by atoms with E-state index in [9.17, 15) is 5.11 Å². The van der Waals surface area contributed by atoms with Gasteiger partial charge in [-0.25, -0.2) is 0 Å². The van der Waals surface area contributed by atoms with Crippen LogP contribution in [0.4, 0.5) is 0 Å². The molecule has 112 valence electrons. The first-order valence-electron chi connectivity index (χ1n) is 7.93. The van der Waals surface area contributed by atoms with Gasteiger partial charge in [0.2, 0.25) is 0 Å². The van der Waals surface area contributed by atoms with Crippen LogP contribution in [0.25, 0.3) is 0 Å². The lowest BCUT2D eigenvalue weighted by atomic mass is 9.81. The summed E-state index contributed by atoms with van der Waals surface area (Å²) in [5.74, 6) is 0. The van der Waals surface area contributed by atoms with Gasteiger partial charge >= 0.3 is 0 Å². The van der Waals surface area contributed by atoms with Crippen LogP contribution in [0.5, 0.6) is 0 Å². The third-order valence-corrected chi connectivity index (χ3v) is 4.37. The van der Waals surface area contributed by atoms with E-state index in [2.05, 4.69) is 17.1 Å². The molecule has 0 saturated carbocycles. The molecule has 0 radical (unpaired) electrons. The summed E-state index contributed by atoms with van der Waals surface area (Å²) in [5, 5.41) is 13.4. The zero-order chi connectivity index (χ0) is 13.6. The van der Waals surface area contributed by atoms with Crippen molar-refractivity contribution in [3.8, 4) is 0 Å². The Balaban J connectivity index is 1.88. The monoisotopic (exact) mass is 270 g/mol. The van der Waals surface area contributed by atoms with E-state index in [4.69, 9.17) is 4.74 Å². The van der Waals surface area contributed by atoms with Crippen LogP contribution in [0.1, 0.15) is 39.0 Å². The van der Waals surface area contributed by atoms with E-state index < -0.39 is 0 Å². The molecule has 0 aliphatic carbocycles. The number of likely N-dealkylation sites (tertiary alicyclic amines) is 1. The second-order valence-corrected chi connectivity index (χ2v) is 6.36. The van der Waals surface area contributed by atoms with Crippen LogP contribution in [0.3, 0.4) is 0 Å². The van der Waals surface area contributed by atoms with Crippen molar-refractivity contribution in [2.24, 2.45) is 5.41 Å². The number of aliphatic hydroxyl groups is 1. The molecular weight excluding hydrogens is 240 g/mol. The highest BCUT2D eigenvalue weighted by Crippen LogP contribution is 2.30. The Kier molecular flexibility index (Phi) is 6.07. The minimum Gasteiger partial charge on any atom is -0.392 e. The van der Waals surface area contributed by atoms with E-state index >= 15 is 0 Å². The van der Waals surface area contributed by atoms with Crippen molar-refractivity contribution in [3.63, 3.8) is 0 Å². The Labute approximate surface area is 117 Å². The van der Waals surface area contributed by atoms with E-state index in [1.165, 1.54) is 19.3 Å². The highest BCUT2D eigenvalue weighted by molar-refractivity contribution is 4.88. The predicted octanol–water partition coefficient (Wildman–Crippen LogP) is 1.24. The molecule has 2 saturated heterocycles. The minimum absolute atomic E-state index is 0.126. The lowest BCUT2D eigenvalue weighted by Crippen LogP contribution is -2.51. The van der Waals surface area contributed by atoms with Gasteiger partial charge in [-0.3, -0.25) is 0 Å². The lowest BCUT2D eigenvalue weighted by Gasteiger charge is -2.43. The molecule has 2 unspecified atom stereocenters. The zero-order valence-electron chi connectivity index (χ0n) is 12.4. The Hall–Kier alpha value is -0.160. The maximum absolute atomic E-state index is 9.82. The van der Waals surface area contributed by atoms with Crippen molar-refractivity contribution >= 4 is 0 Å². The zero-order valence-corrected chi connectivity index (χ0v) is 12.4. The largest absolute Gasteiger partial charge is 0.392 e. The van der Waals surface area contributed by atoms with Crippen LogP contribution >= 0.6 is 0 Å². The molecule has 2 heterocycles. The fraction of sp³-hybridized carbons (Fsp3) is 1.00. The Morgan fingerprint density at radius 1 is 1.42 bits per heavy atom. The number of ether oxygens (including phenoxy) is 1. The first-order valence-corrected chi connectivity index (χ1v) is 7.93. The average Bonchev–Trinajstić information content (AvgIpc) is 2.40. The van der Waals surface area contributed by atoms with Gasteiger partial charge in [0.1, 0.15) is 0 Å². The molecule has 19 heavy (non-hydrogen) atoms. The summed E-state index contributed by atoms with van der Waals surface area (Å²) in [6, 6.07) is 0. The molecule has 2 rings (SSSR count). The SMILES string of the molecule is CCCNCC1(CN2CCCC(O)C2)CCCOC1. The molecule has 2 atom stereocenters. The molecule has 2 aliphatic heterocycles. The number of rotatable bonds is 6. The Morgan fingerprint density at radius 3 is 3.00 bits per heavy atom. The second-order valence-electron chi connectivity index (χ2n) is 6.36. The molecule has 0 aromatic heterocycles. The van der Waals surface area contributed by atoms with Gasteiger partial charge in [-0.15, -0.1) is 0 Å². The van der Waals surface area contributed by atoms with Crippen molar-refractivity contribution in [1.82, 2.24) is 10.2 Å². The smallest absolute Gasteiger partial charge is 0.0667 e. The van der Waals surface area contributed by atoms with Crippen LogP contribution in [0.2, 0.25) is 0 Å². The fourth-order valence-corrected chi connectivity index (χ4v) is 3.41. The minimum atomic E-state index is -0.126. The quantitative estimate of drug-likeness (QED) is 0.713. The van der Waals surface area contributed by atoms with E-state index in [0.29, 0.717) is 0 Å². The molecule has 2 N–H and O–H groups in total. The highest BCUT2D eigenvalue weighted by Gasteiger charge is 2.35. The van der Waals surface area contributed by atoms with Crippen LogP contribution in [0.15, 0.2) is 0 Å². The maximum Gasteiger partial charge on any atom is 0.0667 e. The summed E-state index contributed by atoms with van der Waals surface area (Å²) in [4.78, 5) is 2.44. The van der Waals surface area contributed by atoms with Gasteiger partial charge in [0.05, 0.1) is 12.7 Å². The number of aliphatic hydroxyl groups excluding tert-OH is 1. The van der Waals surface area contributed by atoms with Crippen molar-refractivity contribution in [1.29, 1.82) is 0 Å². The number of nitrogens with zero attached hydrogens (tertiary/aromatic N) is 1. The topological polar surface area (TPSA) is 44.7 Å². The maximum atomic E-state index is 9.82. The summed E-state index contributed by atoms with van der Waals surface area (Å²) in [7, 11) is 0. The second kappa shape index (κ2) is 7.58. The van der Waals surface area contributed by atoms with Crippen molar-refractivity contribution in [2.75, 3.05) is 45.9 Å². The lowest BCUT2D eigenvalue weighted by molar-refractivity contribution is -0.0386. The summed E-state index contributed by atoms with van der Waals surface area (Å²) < 4.78 is 5.76. The summed E-state index contributed by atoms with van der Waals surface area (Å²) >= 11 is 0. The third-order valence-electron chi connectivity index (χ3n) is 4.37. The van der Waals surface area contributed by atoms with Gasteiger partial charge in [-0.2, -0.15) is 0 Å². The predicted molar refractivity (Wildman–Crippen MR) is 77.3 cm³/mol. The fourth-order valence-electron chi connectivity index (χ4n) is 3.41. The number of piperidine rings is 1. The van der Waals surface area contributed by atoms with Crippen LogP contribution in [-0.4, -0.2) is 62.0 Å².